The van der Waals surface area contributed by atoms with Crippen molar-refractivity contribution in [3.63, 3.8) is 0 Å². The van der Waals surface area contributed by atoms with Crippen molar-refractivity contribution < 1.29 is 14.3 Å². The number of hydrogen-bond donors (Lipinski definition) is 1. The first kappa shape index (κ1) is 18.2. The first-order valence-electron chi connectivity index (χ1n) is 8.60. The molecule has 26 heavy (non-hydrogen) atoms. The van der Waals surface area contributed by atoms with E-state index in [4.69, 9.17) is 9.47 Å². The van der Waals surface area contributed by atoms with Crippen LogP contribution in [0.4, 0.5) is 4.79 Å². The SMILES string of the molecule is CCc1ncc2c(c(C3=CN(C)NC3)nn2C(=O)OC(C)(C)C)c1OC. The fourth-order valence-electron chi connectivity index (χ4n) is 2.94. The topological polar surface area (TPSA) is 81.5 Å². The van der Waals surface area contributed by atoms with Gasteiger partial charge in [-0.2, -0.15) is 9.78 Å². The average molecular weight is 359 g/mol. The van der Waals surface area contributed by atoms with Gasteiger partial charge in [0.15, 0.2) is 5.75 Å². The molecule has 0 saturated carbocycles. The van der Waals surface area contributed by atoms with Crippen molar-refractivity contribution in [3.8, 4) is 5.75 Å². The van der Waals surface area contributed by atoms with E-state index in [9.17, 15) is 4.79 Å². The van der Waals surface area contributed by atoms with Gasteiger partial charge in [0, 0.05) is 25.4 Å². The molecule has 1 aliphatic heterocycles. The normalized spacial score (nSPS) is 14.7. The van der Waals surface area contributed by atoms with Gasteiger partial charge in [0.2, 0.25) is 0 Å². The lowest BCUT2D eigenvalue weighted by Crippen LogP contribution is -2.27. The number of ether oxygens (including phenoxy) is 2. The van der Waals surface area contributed by atoms with Gasteiger partial charge < -0.3 is 14.5 Å². The molecule has 0 spiro atoms. The summed E-state index contributed by atoms with van der Waals surface area (Å²) in [5.74, 6) is 0.644. The molecule has 8 nitrogen and oxygen atoms in total. The Labute approximate surface area is 152 Å². The quantitative estimate of drug-likeness (QED) is 0.902. The van der Waals surface area contributed by atoms with Crippen LogP contribution in [0.5, 0.6) is 5.75 Å². The van der Waals surface area contributed by atoms with E-state index < -0.39 is 11.7 Å². The van der Waals surface area contributed by atoms with E-state index in [0.29, 0.717) is 29.9 Å². The highest BCUT2D eigenvalue weighted by molar-refractivity contribution is 5.99. The van der Waals surface area contributed by atoms with Gasteiger partial charge in [0.1, 0.15) is 16.8 Å². The largest absolute Gasteiger partial charge is 0.494 e. The van der Waals surface area contributed by atoms with Crippen LogP contribution in [0.15, 0.2) is 12.4 Å². The highest BCUT2D eigenvalue weighted by Gasteiger charge is 2.27. The number of hydrogen-bond acceptors (Lipinski definition) is 7. The molecule has 0 bridgehead atoms. The predicted molar refractivity (Wildman–Crippen MR) is 98.8 cm³/mol. The minimum Gasteiger partial charge on any atom is -0.494 e. The van der Waals surface area contributed by atoms with Crippen molar-refractivity contribution in [1.29, 1.82) is 0 Å². The molecule has 0 unspecified atom stereocenters. The molecule has 1 aliphatic rings. The van der Waals surface area contributed by atoms with Gasteiger partial charge >= 0.3 is 6.09 Å². The summed E-state index contributed by atoms with van der Waals surface area (Å²) in [6.07, 6.45) is 3.78. The smallest absolute Gasteiger partial charge is 0.435 e. The van der Waals surface area contributed by atoms with Crippen LogP contribution in [0, 0.1) is 0 Å². The molecule has 0 amide bonds. The van der Waals surface area contributed by atoms with E-state index in [-0.39, 0.29) is 0 Å². The summed E-state index contributed by atoms with van der Waals surface area (Å²) in [6, 6.07) is 0. The van der Waals surface area contributed by atoms with Crippen LogP contribution in [0.3, 0.4) is 0 Å². The number of aryl methyl sites for hydroxylation is 1. The summed E-state index contributed by atoms with van der Waals surface area (Å²) in [7, 11) is 3.52. The summed E-state index contributed by atoms with van der Waals surface area (Å²) < 4.78 is 12.4. The summed E-state index contributed by atoms with van der Waals surface area (Å²) in [6.45, 7) is 8.10. The van der Waals surface area contributed by atoms with Crippen LogP contribution in [-0.2, 0) is 11.2 Å². The zero-order valence-corrected chi connectivity index (χ0v) is 16.1. The Hall–Kier alpha value is -2.61. The van der Waals surface area contributed by atoms with Crippen LogP contribution in [0.1, 0.15) is 39.1 Å². The van der Waals surface area contributed by atoms with Crippen molar-refractivity contribution in [3.05, 3.63) is 23.8 Å². The highest BCUT2D eigenvalue weighted by Crippen LogP contribution is 2.35. The van der Waals surface area contributed by atoms with Gasteiger partial charge in [0.05, 0.1) is 24.4 Å². The van der Waals surface area contributed by atoms with Crippen LogP contribution in [0.2, 0.25) is 0 Å². The summed E-state index contributed by atoms with van der Waals surface area (Å²) in [5, 5.41) is 7.20. The van der Waals surface area contributed by atoms with Gasteiger partial charge in [-0.05, 0) is 27.2 Å². The van der Waals surface area contributed by atoms with E-state index in [1.807, 2.05) is 46.0 Å². The van der Waals surface area contributed by atoms with Crippen molar-refractivity contribution >= 4 is 22.6 Å². The van der Waals surface area contributed by atoms with Gasteiger partial charge in [-0.1, -0.05) is 6.92 Å². The Bertz CT molecular complexity index is 879. The fraction of sp³-hybridized carbons (Fsp3) is 0.500. The zero-order chi connectivity index (χ0) is 19.1. The number of methoxy groups -OCH3 is 1. The molecule has 0 atom stereocenters. The second-order valence-electron chi connectivity index (χ2n) is 7.19. The number of carbonyl (C=O) groups is 1. The number of aromatic nitrogens is 3. The van der Waals surface area contributed by atoms with Gasteiger partial charge in [-0.25, -0.2) is 10.2 Å². The van der Waals surface area contributed by atoms with Crippen molar-refractivity contribution in [2.45, 2.75) is 39.7 Å². The fourth-order valence-corrected chi connectivity index (χ4v) is 2.94. The standard InChI is InChI=1S/C18H25N5O3/c1-7-12-16(25-6)14-13(9-19-12)23(17(24)26-18(2,3)4)21-15(14)11-8-20-22(5)10-11/h9-10,20H,7-8H2,1-6H3. The number of nitrogens with zero attached hydrogens (tertiary/aromatic N) is 4. The van der Waals surface area contributed by atoms with Crippen LogP contribution in [-0.4, -0.2) is 52.2 Å². The molecule has 3 heterocycles. The summed E-state index contributed by atoms with van der Waals surface area (Å²) in [4.78, 5) is 17.1. The van der Waals surface area contributed by atoms with E-state index >= 15 is 0 Å². The first-order chi connectivity index (χ1) is 12.2. The summed E-state index contributed by atoms with van der Waals surface area (Å²) in [5.41, 5.74) is 5.62. The molecular weight excluding hydrogens is 334 g/mol. The van der Waals surface area contributed by atoms with Crippen LogP contribution >= 0.6 is 0 Å². The molecule has 140 valence electrons. The second-order valence-corrected chi connectivity index (χ2v) is 7.19. The zero-order valence-electron chi connectivity index (χ0n) is 16.1. The van der Waals surface area contributed by atoms with Crippen molar-refractivity contribution in [1.82, 2.24) is 25.2 Å². The third-order valence-corrected chi connectivity index (χ3v) is 4.03. The predicted octanol–water partition coefficient (Wildman–Crippen LogP) is 2.58. The van der Waals surface area contributed by atoms with E-state index in [2.05, 4.69) is 15.5 Å². The number of fused-ring (bicyclic) bond motifs is 1. The lowest BCUT2D eigenvalue weighted by Gasteiger charge is -2.19. The van der Waals surface area contributed by atoms with Crippen LogP contribution in [0.25, 0.3) is 16.5 Å². The number of pyridine rings is 1. The number of nitrogens with one attached hydrogen (secondary N) is 1. The highest BCUT2D eigenvalue weighted by atomic mass is 16.6. The molecule has 0 fully saturated rings. The maximum Gasteiger partial charge on any atom is 0.435 e. The molecule has 8 heteroatoms. The van der Waals surface area contributed by atoms with Gasteiger partial charge in [-0.3, -0.25) is 4.98 Å². The Balaban J connectivity index is 2.25. The Morgan fingerprint density at radius 2 is 2.12 bits per heavy atom. The Morgan fingerprint density at radius 1 is 1.38 bits per heavy atom. The third-order valence-electron chi connectivity index (χ3n) is 4.03. The third kappa shape index (κ3) is 3.24. The van der Waals surface area contributed by atoms with Gasteiger partial charge in [0.25, 0.3) is 0 Å². The molecule has 3 rings (SSSR count). The minimum atomic E-state index is -0.620. The van der Waals surface area contributed by atoms with Crippen molar-refractivity contribution in [2.75, 3.05) is 20.7 Å². The molecule has 1 N–H and O–H groups in total. The van der Waals surface area contributed by atoms with E-state index in [0.717, 1.165) is 16.7 Å². The van der Waals surface area contributed by atoms with Crippen molar-refractivity contribution in [2.24, 2.45) is 0 Å². The Kier molecular flexibility index (Phi) is 4.62. The molecule has 2 aromatic rings. The monoisotopic (exact) mass is 359 g/mol. The Morgan fingerprint density at radius 3 is 2.65 bits per heavy atom. The molecule has 0 aliphatic carbocycles. The molecule has 0 saturated heterocycles. The van der Waals surface area contributed by atoms with Crippen LogP contribution < -0.4 is 10.2 Å². The minimum absolute atomic E-state index is 0.540. The number of rotatable bonds is 3. The van der Waals surface area contributed by atoms with Gasteiger partial charge in [-0.15, -0.1) is 0 Å². The molecular formula is C18H25N5O3. The second kappa shape index (κ2) is 6.60. The number of carbonyl (C=O) groups excluding carboxylic acids is 1. The summed E-state index contributed by atoms with van der Waals surface area (Å²) >= 11 is 0. The number of hydrazine groups is 1. The molecule has 0 aromatic carbocycles. The lowest BCUT2D eigenvalue weighted by atomic mass is 10.1. The molecule has 2 aromatic heterocycles. The maximum absolute atomic E-state index is 12.7. The average Bonchev–Trinajstić information content (AvgIpc) is 3.15. The first-order valence-corrected chi connectivity index (χ1v) is 8.60. The maximum atomic E-state index is 12.7. The lowest BCUT2D eigenvalue weighted by molar-refractivity contribution is 0.0522. The van der Waals surface area contributed by atoms with E-state index in [1.165, 1.54) is 4.68 Å². The molecule has 0 radical (unpaired) electrons. The van der Waals surface area contributed by atoms with E-state index in [1.54, 1.807) is 13.3 Å².